The van der Waals surface area contributed by atoms with Crippen molar-refractivity contribution in [2.45, 2.75) is 95.1 Å². The van der Waals surface area contributed by atoms with Crippen molar-refractivity contribution in [1.29, 1.82) is 0 Å². The minimum absolute atomic E-state index is 0.0293. The van der Waals surface area contributed by atoms with Gasteiger partial charge in [-0.05, 0) is 75.5 Å². The molecule has 0 N–H and O–H groups in total. The van der Waals surface area contributed by atoms with Gasteiger partial charge in [-0.15, -0.1) is 0 Å². The molecule has 4 aliphatic rings. The lowest BCUT2D eigenvalue weighted by atomic mass is 9.87. The number of hydrogen-bond acceptors (Lipinski definition) is 7. The number of rotatable bonds is 10. The highest BCUT2D eigenvalue weighted by atomic mass is 35.5. The molecule has 0 radical (unpaired) electrons. The van der Waals surface area contributed by atoms with Crippen LogP contribution in [0.5, 0.6) is 5.75 Å². The van der Waals surface area contributed by atoms with Crippen molar-refractivity contribution >= 4 is 17.6 Å². The Labute approximate surface area is 212 Å². The molecule has 1 saturated carbocycles. The molecule has 35 heavy (non-hydrogen) atoms. The lowest BCUT2D eigenvalue weighted by molar-refractivity contribution is -0.202. The highest BCUT2D eigenvalue weighted by molar-refractivity contribution is 6.30. The van der Waals surface area contributed by atoms with E-state index in [0.29, 0.717) is 18.1 Å². The van der Waals surface area contributed by atoms with E-state index in [1.54, 1.807) is 0 Å². The topological polar surface area (TPSA) is 72.5 Å². The molecule has 3 heterocycles. The maximum absolute atomic E-state index is 12.0. The number of esters is 1. The maximum atomic E-state index is 12.0. The van der Waals surface area contributed by atoms with Gasteiger partial charge >= 0.3 is 5.97 Å². The van der Waals surface area contributed by atoms with Crippen molar-refractivity contribution in [1.82, 2.24) is 0 Å². The van der Waals surface area contributed by atoms with Gasteiger partial charge in [-0.3, -0.25) is 4.79 Å². The molecular weight excluding hydrogens is 472 g/mol. The van der Waals surface area contributed by atoms with E-state index in [2.05, 4.69) is 0 Å². The Bertz CT molecular complexity index is 824. The number of ether oxygens (including phenoxy) is 6. The highest BCUT2D eigenvalue weighted by Crippen LogP contribution is 2.46. The van der Waals surface area contributed by atoms with Crippen LogP contribution >= 0.6 is 11.6 Å². The summed E-state index contributed by atoms with van der Waals surface area (Å²) in [6, 6.07) is 7.42. The zero-order valence-corrected chi connectivity index (χ0v) is 21.0. The first-order chi connectivity index (χ1) is 17.1. The molecule has 0 aromatic heterocycles. The van der Waals surface area contributed by atoms with Gasteiger partial charge in [0.25, 0.3) is 0 Å². The molecular formula is C27H37ClO7. The number of carbonyl (C=O) groups excluding carboxylic acids is 1. The summed E-state index contributed by atoms with van der Waals surface area (Å²) in [5.41, 5.74) is 0. The second-order valence-electron chi connectivity index (χ2n) is 10.2. The van der Waals surface area contributed by atoms with E-state index in [-0.39, 0.29) is 48.7 Å². The van der Waals surface area contributed by atoms with Gasteiger partial charge in [0.15, 0.2) is 12.6 Å². The SMILES string of the molecule is O=C1CC2C(CC[C@H](COc3cccc(Cl)c3)OC3CCCCO3)C(OC3CCCCO3)C[C@@H]2O1. The van der Waals surface area contributed by atoms with Gasteiger partial charge in [0.1, 0.15) is 18.5 Å². The number of hydrogen-bond donors (Lipinski definition) is 0. The molecule has 0 amide bonds. The Kier molecular flexibility index (Phi) is 8.84. The van der Waals surface area contributed by atoms with Crippen LogP contribution in [-0.2, 0) is 28.5 Å². The van der Waals surface area contributed by atoms with Crippen molar-refractivity contribution < 1.29 is 33.2 Å². The fraction of sp³-hybridized carbons (Fsp3) is 0.741. The maximum Gasteiger partial charge on any atom is 0.306 e. The first-order valence-electron chi connectivity index (χ1n) is 13.3. The zero-order chi connectivity index (χ0) is 24.0. The van der Waals surface area contributed by atoms with E-state index in [1.807, 2.05) is 24.3 Å². The van der Waals surface area contributed by atoms with E-state index in [1.165, 1.54) is 0 Å². The van der Waals surface area contributed by atoms with Crippen molar-refractivity contribution in [3.8, 4) is 5.75 Å². The van der Waals surface area contributed by atoms with Gasteiger partial charge in [-0.1, -0.05) is 17.7 Å². The molecule has 8 heteroatoms. The van der Waals surface area contributed by atoms with E-state index >= 15 is 0 Å². The van der Waals surface area contributed by atoms with Crippen molar-refractivity contribution in [2.75, 3.05) is 19.8 Å². The Morgan fingerprint density at radius 1 is 1.06 bits per heavy atom. The summed E-state index contributed by atoms with van der Waals surface area (Å²) in [5.74, 6) is 1.05. The van der Waals surface area contributed by atoms with E-state index in [0.717, 1.165) is 76.8 Å². The molecule has 5 rings (SSSR count). The summed E-state index contributed by atoms with van der Waals surface area (Å²) < 4.78 is 36.2. The average molecular weight is 509 g/mol. The monoisotopic (exact) mass is 508 g/mol. The summed E-state index contributed by atoms with van der Waals surface area (Å²) >= 11 is 6.13. The molecule has 3 saturated heterocycles. The minimum atomic E-state index is -0.202. The van der Waals surface area contributed by atoms with Crippen LogP contribution in [0, 0.1) is 11.8 Å². The van der Waals surface area contributed by atoms with Gasteiger partial charge in [-0.2, -0.15) is 0 Å². The minimum Gasteiger partial charge on any atom is -0.491 e. The Balaban J connectivity index is 1.22. The molecule has 1 aromatic rings. The van der Waals surface area contributed by atoms with Crippen LogP contribution < -0.4 is 4.74 Å². The molecule has 1 aliphatic carbocycles. The van der Waals surface area contributed by atoms with Gasteiger partial charge in [0.05, 0.1) is 18.6 Å². The molecule has 0 spiro atoms. The number of benzene rings is 1. The van der Waals surface area contributed by atoms with Crippen LogP contribution in [0.25, 0.3) is 0 Å². The zero-order valence-electron chi connectivity index (χ0n) is 20.3. The first kappa shape index (κ1) is 25.3. The number of fused-ring (bicyclic) bond motifs is 1. The van der Waals surface area contributed by atoms with E-state index in [4.69, 9.17) is 40.0 Å². The summed E-state index contributed by atoms with van der Waals surface area (Å²) in [4.78, 5) is 12.0. The molecule has 194 valence electrons. The van der Waals surface area contributed by atoms with Crippen LogP contribution in [-0.4, -0.2) is 56.7 Å². The fourth-order valence-corrected chi connectivity index (χ4v) is 6.06. The second kappa shape index (κ2) is 12.2. The summed E-state index contributed by atoms with van der Waals surface area (Å²) in [7, 11) is 0. The predicted octanol–water partition coefficient (Wildman–Crippen LogP) is 5.27. The molecule has 0 bridgehead atoms. The van der Waals surface area contributed by atoms with Crippen LogP contribution in [0.3, 0.4) is 0 Å². The van der Waals surface area contributed by atoms with E-state index in [9.17, 15) is 4.79 Å². The Morgan fingerprint density at radius 2 is 1.86 bits per heavy atom. The lowest BCUT2D eigenvalue weighted by Crippen LogP contribution is -2.34. The molecule has 3 aliphatic heterocycles. The van der Waals surface area contributed by atoms with Crippen molar-refractivity contribution in [3.05, 3.63) is 29.3 Å². The fourth-order valence-electron chi connectivity index (χ4n) is 5.88. The normalized spacial score (nSPS) is 33.8. The van der Waals surface area contributed by atoms with Gasteiger partial charge in [0, 0.05) is 30.6 Å². The predicted molar refractivity (Wildman–Crippen MR) is 129 cm³/mol. The molecule has 1 aromatic carbocycles. The summed E-state index contributed by atoms with van der Waals surface area (Å²) in [5, 5.41) is 0.642. The summed E-state index contributed by atoms with van der Waals surface area (Å²) in [6.07, 6.45) is 8.58. The standard InChI is InChI=1S/C27H37ClO7/c28-18-6-5-7-19(14-18)32-17-20(33-26-8-1-3-12-30-26)10-11-21-22-15-25(29)34-24(22)16-23(21)35-27-9-2-4-13-31-27/h5-7,14,20-24,26-27H,1-4,8-13,15-17H2/t20-,21?,22?,23?,24+,26?,27?/m1/s1. The lowest BCUT2D eigenvalue weighted by Gasteiger charge is -2.31. The third-order valence-electron chi connectivity index (χ3n) is 7.66. The van der Waals surface area contributed by atoms with Crippen molar-refractivity contribution in [2.24, 2.45) is 11.8 Å². The Hall–Kier alpha value is -1.38. The highest BCUT2D eigenvalue weighted by Gasteiger charge is 2.51. The molecule has 5 unspecified atom stereocenters. The molecule has 7 atom stereocenters. The van der Waals surface area contributed by atoms with Crippen molar-refractivity contribution in [3.63, 3.8) is 0 Å². The number of carbonyl (C=O) groups is 1. The van der Waals surface area contributed by atoms with Gasteiger partial charge in [-0.25, -0.2) is 0 Å². The largest absolute Gasteiger partial charge is 0.491 e. The average Bonchev–Trinajstić information content (AvgIpc) is 3.37. The first-order valence-corrected chi connectivity index (χ1v) is 13.6. The second-order valence-corrected chi connectivity index (χ2v) is 10.6. The number of halogens is 1. The van der Waals surface area contributed by atoms with E-state index < -0.39 is 0 Å². The third-order valence-corrected chi connectivity index (χ3v) is 7.89. The van der Waals surface area contributed by atoms with Crippen LogP contribution in [0.15, 0.2) is 24.3 Å². The smallest absolute Gasteiger partial charge is 0.306 e. The van der Waals surface area contributed by atoms with Crippen LogP contribution in [0.1, 0.15) is 64.2 Å². The third kappa shape index (κ3) is 6.89. The van der Waals surface area contributed by atoms with Gasteiger partial charge in [0.2, 0.25) is 0 Å². The van der Waals surface area contributed by atoms with Crippen LogP contribution in [0.2, 0.25) is 5.02 Å². The van der Waals surface area contributed by atoms with Gasteiger partial charge < -0.3 is 28.4 Å². The summed E-state index contributed by atoms with van der Waals surface area (Å²) in [6.45, 7) is 1.89. The molecule has 4 fully saturated rings. The quantitative estimate of drug-likeness (QED) is 0.398. The molecule has 7 nitrogen and oxygen atoms in total. The van der Waals surface area contributed by atoms with Crippen LogP contribution in [0.4, 0.5) is 0 Å². The Morgan fingerprint density at radius 3 is 2.60 bits per heavy atom.